The summed E-state index contributed by atoms with van der Waals surface area (Å²) in [6, 6.07) is 6.14. The molecule has 0 aromatic heterocycles. The molecule has 7 heteroatoms. The van der Waals surface area contributed by atoms with Gasteiger partial charge >= 0.3 is 0 Å². The predicted molar refractivity (Wildman–Crippen MR) is 121 cm³/mol. The maximum atomic E-state index is 13.0. The van der Waals surface area contributed by atoms with E-state index in [0.29, 0.717) is 18.5 Å². The van der Waals surface area contributed by atoms with Gasteiger partial charge in [-0.2, -0.15) is 0 Å². The van der Waals surface area contributed by atoms with Gasteiger partial charge in [0.15, 0.2) is 0 Å². The van der Waals surface area contributed by atoms with Crippen molar-refractivity contribution in [2.45, 2.75) is 76.5 Å². The van der Waals surface area contributed by atoms with Crippen molar-refractivity contribution in [2.75, 3.05) is 19.6 Å². The van der Waals surface area contributed by atoms with Crippen LogP contribution in [0.5, 0.6) is 0 Å². The minimum atomic E-state index is -0.550. The van der Waals surface area contributed by atoms with E-state index in [9.17, 15) is 14.4 Å². The largest absolute Gasteiger partial charge is 0.322 e. The number of amides is 3. The molecule has 4 heterocycles. The lowest BCUT2D eigenvalue weighted by Crippen LogP contribution is -2.52. The van der Waals surface area contributed by atoms with Crippen LogP contribution in [-0.4, -0.2) is 59.2 Å². The number of fused-ring (bicyclic) bond motifs is 1. The second-order valence-electron chi connectivity index (χ2n) is 9.93. The topological polar surface area (TPSA) is 81.8 Å². The number of benzene rings is 1. The smallest absolute Gasteiger partial charge is 0.255 e. The Morgan fingerprint density at radius 2 is 1.84 bits per heavy atom. The normalized spacial score (nSPS) is 27.1. The van der Waals surface area contributed by atoms with Gasteiger partial charge in [0.2, 0.25) is 11.8 Å². The molecule has 0 spiro atoms. The molecule has 7 nitrogen and oxygen atoms in total. The third-order valence-corrected chi connectivity index (χ3v) is 7.87. The molecule has 3 amide bonds. The maximum absolute atomic E-state index is 13.0. The van der Waals surface area contributed by atoms with Gasteiger partial charge in [-0.15, -0.1) is 0 Å². The van der Waals surface area contributed by atoms with E-state index in [-0.39, 0.29) is 24.1 Å². The molecule has 3 saturated heterocycles. The standard InChI is InChI=1S/C25H34N4O3/c30-23-9-8-22(24(31)27-23)29-16-21-18(3-1-5-20(21)25(29)32)15-28-13-10-17(11-14-28)6-7-19-4-2-12-26-19/h1,3,5,17,19,22,26H,2,4,6-16H2,(H,27,30,31)/t19-,22?/m0/s1. The zero-order chi connectivity index (χ0) is 22.1. The molecule has 0 saturated carbocycles. The average Bonchev–Trinajstić information content (AvgIpc) is 3.42. The number of hydrogen-bond donors (Lipinski definition) is 2. The minimum absolute atomic E-state index is 0.0874. The number of likely N-dealkylation sites (tertiary alicyclic amines) is 1. The fraction of sp³-hybridized carbons (Fsp3) is 0.640. The monoisotopic (exact) mass is 438 g/mol. The van der Waals surface area contributed by atoms with Gasteiger partial charge in [-0.05, 0) is 87.7 Å². The van der Waals surface area contributed by atoms with Crippen molar-refractivity contribution in [1.29, 1.82) is 0 Å². The van der Waals surface area contributed by atoms with Crippen LogP contribution in [0.15, 0.2) is 18.2 Å². The molecule has 0 bridgehead atoms. The second-order valence-corrected chi connectivity index (χ2v) is 9.93. The third-order valence-electron chi connectivity index (χ3n) is 7.87. The van der Waals surface area contributed by atoms with Gasteiger partial charge in [0.1, 0.15) is 6.04 Å². The first-order valence-electron chi connectivity index (χ1n) is 12.3. The van der Waals surface area contributed by atoms with Crippen molar-refractivity contribution < 1.29 is 14.4 Å². The molecule has 5 rings (SSSR count). The summed E-state index contributed by atoms with van der Waals surface area (Å²) in [6.45, 7) is 4.72. The quantitative estimate of drug-likeness (QED) is 0.666. The fourth-order valence-electron chi connectivity index (χ4n) is 5.91. The molecule has 2 N–H and O–H groups in total. The van der Waals surface area contributed by atoms with Crippen molar-refractivity contribution in [1.82, 2.24) is 20.4 Å². The summed E-state index contributed by atoms with van der Waals surface area (Å²) >= 11 is 0. The molecule has 2 atom stereocenters. The Hall–Kier alpha value is -2.25. The number of carbonyl (C=O) groups is 3. The summed E-state index contributed by atoms with van der Waals surface area (Å²) in [6.07, 6.45) is 8.52. The van der Waals surface area contributed by atoms with Gasteiger partial charge in [-0.25, -0.2) is 0 Å². The Morgan fingerprint density at radius 3 is 2.59 bits per heavy atom. The van der Waals surface area contributed by atoms with Crippen molar-refractivity contribution >= 4 is 17.7 Å². The van der Waals surface area contributed by atoms with Crippen molar-refractivity contribution in [3.63, 3.8) is 0 Å². The number of carbonyl (C=O) groups excluding carboxylic acids is 3. The molecular weight excluding hydrogens is 404 g/mol. The van der Waals surface area contributed by atoms with E-state index in [0.717, 1.165) is 37.2 Å². The lowest BCUT2D eigenvalue weighted by atomic mass is 9.90. The number of piperidine rings is 2. The first-order chi connectivity index (χ1) is 15.6. The first-order valence-corrected chi connectivity index (χ1v) is 12.3. The van der Waals surface area contributed by atoms with Crippen LogP contribution in [-0.2, 0) is 22.7 Å². The van der Waals surface area contributed by atoms with Crippen LogP contribution in [0.1, 0.15) is 72.9 Å². The van der Waals surface area contributed by atoms with E-state index < -0.39 is 6.04 Å². The highest BCUT2D eigenvalue weighted by Gasteiger charge is 2.39. The Morgan fingerprint density at radius 1 is 1.00 bits per heavy atom. The highest BCUT2D eigenvalue weighted by atomic mass is 16.2. The van der Waals surface area contributed by atoms with Crippen LogP contribution in [0.3, 0.4) is 0 Å². The van der Waals surface area contributed by atoms with E-state index in [1.54, 1.807) is 4.90 Å². The number of rotatable bonds is 6. The lowest BCUT2D eigenvalue weighted by molar-refractivity contribution is -0.136. The summed E-state index contributed by atoms with van der Waals surface area (Å²) in [7, 11) is 0. The summed E-state index contributed by atoms with van der Waals surface area (Å²) in [5, 5.41) is 6.00. The van der Waals surface area contributed by atoms with Gasteiger partial charge in [0, 0.05) is 31.1 Å². The van der Waals surface area contributed by atoms with E-state index >= 15 is 0 Å². The number of nitrogens with zero attached hydrogens (tertiary/aromatic N) is 2. The molecule has 1 aromatic rings. The van der Waals surface area contributed by atoms with Crippen molar-refractivity contribution in [3.8, 4) is 0 Å². The first kappa shape index (κ1) is 21.6. The van der Waals surface area contributed by atoms with Gasteiger partial charge in [0.05, 0.1) is 0 Å². The molecular formula is C25H34N4O3. The molecule has 4 aliphatic rings. The second kappa shape index (κ2) is 9.32. The van der Waals surface area contributed by atoms with E-state index in [1.165, 1.54) is 50.6 Å². The summed E-state index contributed by atoms with van der Waals surface area (Å²) in [5.41, 5.74) is 2.96. The molecule has 0 radical (unpaired) electrons. The Bertz CT molecular complexity index is 887. The zero-order valence-electron chi connectivity index (χ0n) is 18.8. The highest BCUT2D eigenvalue weighted by molar-refractivity contribution is 6.05. The molecule has 3 fully saturated rings. The maximum Gasteiger partial charge on any atom is 0.255 e. The SMILES string of the molecule is O=C1CCC(N2Cc3c(CN4CCC(CC[C@@H]5CCCN5)CC4)cccc3C2=O)C(=O)N1. The molecule has 32 heavy (non-hydrogen) atoms. The zero-order valence-corrected chi connectivity index (χ0v) is 18.8. The van der Waals surface area contributed by atoms with Crippen LogP contribution < -0.4 is 10.6 Å². The van der Waals surface area contributed by atoms with E-state index in [1.807, 2.05) is 12.1 Å². The van der Waals surface area contributed by atoms with Gasteiger partial charge in [-0.1, -0.05) is 12.1 Å². The lowest BCUT2D eigenvalue weighted by Gasteiger charge is -2.33. The summed E-state index contributed by atoms with van der Waals surface area (Å²) < 4.78 is 0. The predicted octanol–water partition coefficient (Wildman–Crippen LogP) is 2.19. The van der Waals surface area contributed by atoms with Crippen LogP contribution in [0, 0.1) is 5.92 Å². The molecule has 4 aliphatic heterocycles. The van der Waals surface area contributed by atoms with Crippen molar-refractivity contribution in [2.24, 2.45) is 5.92 Å². The van der Waals surface area contributed by atoms with Gasteiger partial charge in [-0.3, -0.25) is 24.6 Å². The van der Waals surface area contributed by atoms with Crippen LogP contribution in [0.2, 0.25) is 0 Å². The van der Waals surface area contributed by atoms with Gasteiger partial charge < -0.3 is 10.2 Å². The number of nitrogens with one attached hydrogen (secondary N) is 2. The Balaban J connectivity index is 1.18. The Kier molecular flexibility index (Phi) is 6.28. The highest BCUT2D eigenvalue weighted by Crippen LogP contribution is 2.31. The average molecular weight is 439 g/mol. The van der Waals surface area contributed by atoms with E-state index in [4.69, 9.17) is 0 Å². The van der Waals surface area contributed by atoms with E-state index in [2.05, 4.69) is 21.6 Å². The minimum Gasteiger partial charge on any atom is -0.322 e. The van der Waals surface area contributed by atoms with Crippen LogP contribution >= 0.6 is 0 Å². The molecule has 1 unspecified atom stereocenters. The summed E-state index contributed by atoms with van der Waals surface area (Å²) in [4.78, 5) is 41.0. The number of hydrogen-bond acceptors (Lipinski definition) is 5. The van der Waals surface area contributed by atoms with Crippen LogP contribution in [0.4, 0.5) is 0 Å². The third kappa shape index (κ3) is 4.46. The molecule has 0 aliphatic carbocycles. The van der Waals surface area contributed by atoms with Crippen LogP contribution in [0.25, 0.3) is 0 Å². The summed E-state index contributed by atoms with van der Waals surface area (Å²) in [5.74, 6) is 0.146. The fourth-order valence-corrected chi connectivity index (χ4v) is 5.91. The molecule has 1 aromatic carbocycles. The van der Waals surface area contributed by atoms with Crippen molar-refractivity contribution in [3.05, 3.63) is 34.9 Å². The molecule has 172 valence electrons. The van der Waals surface area contributed by atoms with Gasteiger partial charge in [0.25, 0.3) is 5.91 Å². The Labute approximate surface area is 189 Å². The number of imide groups is 1.